The zero-order chi connectivity index (χ0) is 10.7. The van der Waals surface area contributed by atoms with Crippen LogP contribution >= 0.6 is 11.3 Å². The van der Waals surface area contributed by atoms with Gasteiger partial charge < -0.3 is 4.57 Å². The Morgan fingerprint density at radius 2 is 2.20 bits per heavy atom. The molecule has 0 N–H and O–H groups in total. The second-order valence-electron chi connectivity index (χ2n) is 3.09. The Labute approximate surface area is 90.6 Å². The van der Waals surface area contributed by atoms with Crippen molar-refractivity contribution >= 4 is 17.6 Å². The Kier molecular flexibility index (Phi) is 2.78. The SMILES string of the molecule is O=Cc1cccn(Cc2cccs2)c1=O. The summed E-state index contributed by atoms with van der Waals surface area (Å²) in [5.41, 5.74) is -0.0324. The Bertz CT molecular complexity index is 514. The van der Waals surface area contributed by atoms with E-state index in [-0.39, 0.29) is 11.1 Å². The predicted octanol–water partition coefficient (Wildman–Crippen LogP) is 1.77. The molecule has 3 nitrogen and oxygen atoms in total. The summed E-state index contributed by atoms with van der Waals surface area (Å²) in [6, 6.07) is 7.14. The minimum atomic E-state index is -0.235. The topological polar surface area (TPSA) is 39.1 Å². The van der Waals surface area contributed by atoms with Crippen molar-refractivity contribution < 1.29 is 4.79 Å². The maximum absolute atomic E-state index is 11.7. The third-order valence-corrected chi connectivity index (χ3v) is 2.94. The van der Waals surface area contributed by atoms with Crippen LogP contribution in [0.5, 0.6) is 0 Å². The Morgan fingerprint density at radius 1 is 1.33 bits per heavy atom. The molecule has 76 valence electrons. The van der Waals surface area contributed by atoms with E-state index in [1.54, 1.807) is 23.6 Å². The Balaban J connectivity index is 2.37. The largest absolute Gasteiger partial charge is 0.310 e. The normalized spacial score (nSPS) is 10.1. The van der Waals surface area contributed by atoms with E-state index in [1.165, 1.54) is 10.6 Å². The number of carbonyl (C=O) groups excluding carboxylic acids is 1. The number of nitrogens with zero attached hydrogens (tertiary/aromatic N) is 1. The lowest BCUT2D eigenvalue weighted by atomic mass is 10.3. The second kappa shape index (κ2) is 4.23. The molecule has 0 radical (unpaired) electrons. The van der Waals surface area contributed by atoms with E-state index < -0.39 is 0 Å². The molecule has 0 aromatic carbocycles. The van der Waals surface area contributed by atoms with Crippen LogP contribution in [0.25, 0.3) is 0 Å². The second-order valence-corrected chi connectivity index (χ2v) is 4.13. The van der Waals surface area contributed by atoms with Crippen molar-refractivity contribution in [3.05, 3.63) is 56.6 Å². The summed E-state index contributed by atoms with van der Waals surface area (Å²) in [6.45, 7) is 0.526. The Morgan fingerprint density at radius 3 is 2.87 bits per heavy atom. The molecule has 15 heavy (non-hydrogen) atoms. The van der Waals surface area contributed by atoms with Gasteiger partial charge in [0, 0.05) is 11.1 Å². The van der Waals surface area contributed by atoms with Gasteiger partial charge in [-0.05, 0) is 23.6 Å². The summed E-state index contributed by atoms with van der Waals surface area (Å²) in [6.07, 6.45) is 2.28. The highest BCUT2D eigenvalue weighted by atomic mass is 32.1. The molecule has 0 bridgehead atoms. The molecule has 0 aliphatic carbocycles. The van der Waals surface area contributed by atoms with E-state index in [9.17, 15) is 9.59 Å². The summed E-state index contributed by atoms with van der Waals surface area (Å²) in [5.74, 6) is 0. The average Bonchev–Trinajstić information content (AvgIpc) is 2.74. The van der Waals surface area contributed by atoms with Crippen LogP contribution in [0.1, 0.15) is 15.2 Å². The van der Waals surface area contributed by atoms with Gasteiger partial charge in [-0.25, -0.2) is 0 Å². The molecule has 0 aliphatic rings. The molecule has 0 atom stereocenters. The van der Waals surface area contributed by atoms with Crippen LogP contribution in [0, 0.1) is 0 Å². The molecule has 0 unspecified atom stereocenters. The highest BCUT2D eigenvalue weighted by Gasteiger charge is 2.02. The zero-order valence-electron chi connectivity index (χ0n) is 7.92. The van der Waals surface area contributed by atoms with Crippen LogP contribution in [0.15, 0.2) is 40.6 Å². The van der Waals surface area contributed by atoms with Crippen LogP contribution in [0.4, 0.5) is 0 Å². The number of carbonyl (C=O) groups is 1. The fourth-order valence-electron chi connectivity index (χ4n) is 1.34. The van der Waals surface area contributed by atoms with Crippen LogP contribution < -0.4 is 5.56 Å². The summed E-state index contributed by atoms with van der Waals surface area (Å²) in [4.78, 5) is 23.3. The molecule has 0 spiro atoms. The molecule has 2 heterocycles. The third-order valence-electron chi connectivity index (χ3n) is 2.08. The van der Waals surface area contributed by atoms with E-state index in [0.717, 1.165) is 4.88 Å². The van der Waals surface area contributed by atoms with Crippen molar-refractivity contribution in [3.8, 4) is 0 Å². The smallest absolute Gasteiger partial charge is 0.261 e. The van der Waals surface area contributed by atoms with Crippen molar-refractivity contribution in [2.75, 3.05) is 0 Å². The van der Waals surface area contributed by atoms with E-state index in [0.29, 0.717) is 12.8 Å². The van der Waals surface area contributed by atoms with E-state index in [4.69, 9.17) is 0 Å². The number of rotatable bonds is 3. The lowest BCUT2D eigenvalue weighted by Crippen LogP contribution is -2.22. The van der Waals surface area contributed by atoms with Gasteiger partial charge in [0.25, 0.3) is 5.56 Å². The Hall–Kier alpha value is -1.68. The van der Waals surface area contributed by atoms with Crippen molar-refractivity contribution in [2.45, 2.75) is 6.54 Å². The van der Waals surface area contributed by atoms with Crippen LogP contribution in [-0.2, 0) is 6.54 Å². The summed E-state index contributed by atoms with van der Waals surface area (Å²) < 4.78 is 1.54. The number of thiophene rings is 1. The fourth-order valence-corrected chi connectivity index (χ4v) is 2.04. The van der Waals surface area contributed by atoms with E-state index >= 15 is 0 Å². The first-order chi connectivity index (χ1) is 7.31. The van der Waals surface area contributed by atoms with Gasteiger partial charge in [0.2, 0.25) is 0 Å². The van der Waals surface area contributed by atoms with Crippen LogP contribution in [0.3, 0.4) is 0 Å². The van der Waals surface area contributed by atoms with Crippen LogP contribution in [-0.4, -0.2) is 10.9 Å². The van der Waals surface area contributed by atoms with Gasteiger partial charge in [0.05, 0.1) is 12.1 Å². The molecule has 0 amide bonds. The van der Waals surface area contributed by atoms with Gasteiger partial charge in [0.1, 0.15) is 0 Å². The third kappa shape index (κ3) is 2.05. The monoisotopic (exact) mass is 219 g/mol. The lowest BCUT2D eigenvalue weighted by Gasteiger charge is -2.03. The molecule has 4 heteroatoms. The molecule has 0 saturated heterocycles. The van der Waals surface area contributed by atoms with E-state index in [1.807, 2.05) is 17.5 Å². The predicted molar refractivity (Wildman–Crippen MR) is 59.5 cm³/mol. The molecular formula is C11H9NO2S. The number of hydrogen-bond acceptors (Lipinski definition) is 3. The molecule has 0 saturated carbocycles. The van der Waals surface area contributed by atoms with Gasteiger partial charge in [-0.3, -0.25) is 9.59 Å². The van der Waals surface area contributed by atoms with Gasteiger partial charge in [-0.15, -0.1) is 11.3 Å². The first-order valence-electron chi connectivity index (χ1n) is 4.48. The average molecular weight is 219 g/mol. The molecule has 0 aliphatic heterocycles. The quantitative estimate of drug-likeness (QED) is 0.738. The highest BCUT2D eigenvalue weighted by molar-refractivity contribution is 7.09. The standard InChI is InChI=1S/C11H9NO2S/c13-8-9-3-1-5-12(11(9)14)7-10-4-2-6-15-10/h1-6,8H,7H2. The highest BCUT2D eigenvalue weighted by Crippen LogP contribution is 2.09. The molecule has 2 rings (SSSR count). The summed E-state index contributed by atoms with van der Waals surface area (Å²) in [7, 11) is 0. The minimum absolute atomic E-state index is 0.203. The summed E-state index contributed by atoms with van der Waals surface area (Å²) >= 11 is 1.59. The van der Waals surface area contributed by atoms with Crippen molar-refractivity contribution in [1.82, 2.24) is 4.57 Å². The maximum atomic E-state index is 11.7. The van der Waals surface area contributed by atoms with Gasteiger partial charge in [-0.1, -0.05) is 6.07 Å². The fraction of sp³-hybridized carbons (Fsp3) is 0.0909. The van der Waals surface area contributed by atoms with Gasteiger partial charge in [0.15, 0.2) is 6.29 Å². The van der Waals surface area contributed by atoms with Crippen LogP contribution in [0.2, 0.25) is 0 Å². The van der Waals surface area contributed by atoms with Gasteiger partial charge in [-0.2, -0.15) is 0 Å². The zero-order valence-corrected chi connectivity index (χ0v) is 8.74. The van der Waals surface area contributed by atoms with Crippen molar-refractivity contribution in [2.24, 2.45) is 0 Å². The van der Waals surface area contributed by atoms with Crippen molar-refractivity contribution in [1.29, 1.82) is 0 Å². The van der Waals surface area contributed by atoms with Gasteiger partial charge >= 0.3 is 0 Å². The maximum Gasteiger partial charge on any atom is 0.261 e. The number of aldehydes is 1. The van der Waals surface area contributed by atoms with E-state index in [2.05, 4.69) is 0 Å². The molecular weight excluding hydrogens is 210 g/mol. The summed E-state index contributed by atoms with van der Waals surface area (Å²) in [5, 5.41) is 1.96. The molecule has 2 aromatic rings. The molecule has 2 aromatic heterocycles. The lowest BCUT2D eigenvalue weighted by molar-refractivity contribution is 0.112. The first kappa shape index (κ1) is 9.86. The first-order valence-corrected chi connectivity index (χ1v) is 5.36. The number of pyridine rings is 1. The number of hydrogen-bond donors (Lipinski definition) is 0. The minimum Gasteiger partial charge on any atom is -0.310 e. The van der Waals surface area contributed by atoms with Crippen molar-refractivity contribution in [3.63, 3.8) is 0 Å². The molecule has 0 fully saturated rings. The number of aromatic nitrogens is 1.